The average molecular weight is 284 g/mol. The summed E-state index contributed by atoms with van der Waals surface area (Å²) in [5, 5.41) is 15.4. The minimum atomic E-state index is -0.999. The number of carbonyl (C=O) groups excluding carboxylic acids is 1. The summed E-state index contributed by atoms with van der Waals surface area (Å²) in [5.41, 5.74) is 0.826. The van der Waals surface area contributed by atoms with E-state index < -0.39 is 11.5 Å². The normalized spacial score (nSPS) is 16.1. The van der Waals surface area contributed by atoms with Crippen LogP contribution in [0.15, 0.2) is 4.52 Å². The third kappa shape index (κ3) is 3.09. The Kier molecular flexibility index (Phi) is 3.84. The summed E-state index contributed by atoms with van der Waals surface area (Å²) < 4.78 is 5.03. The molecule has 0 unspecified atom stereocenters. The van der Waals surface area contributed by atoms with Gasteiger partial charge in [-0.15, -0.1) is 11.8 Å². The number of hydrogen-bond acceptors (Lipinski definition) is 5. The van der Waals surface area contributed by atoms with Crippen molar-refractivity contribution in [3.05, 3.63) is 17.0 Å². The lowest BCUT2D eigenvalue weighted by atomic mass is 10.2. The van der Waals surface area contributed by atoms with E-state index >= 15 is 0 Å². The quantitative estimate of drug-likeness (QED) is 0.817. The van der Waals surface area contributed by atoms with Crippen molar-refractivity contribution in [2.24, 2.45) is 0 Å². The Labute approximate surface area is 114 Å². The molecule has 7 heteroatoms. The molecule has 1 aromatic rings. The molecule has 19 heavy (non-hydrogen) atoms. The maximum absolute atomic E-state index is 11.7. The lowest BCUT2D eigenvalue weighted by molar-refractivity contribution is -0.142. The summed E-state index contributed by atoms with van der Waals surface area (Å²) in [6.07, 6.45) is 1.03. The van der Waals surface area contributed by atoms with E-state index in [9.17, 15) is 9.59 Å². The zero-order valence-electron chi connectivity index (χ0n) is 10.9. The molecule has 0 atom stereocenters. The van der Waals surface area contributed by atoms with Crippen molar-refractivity contribution in [2.75, 3.05) is 5.75 Å². The highest BCUT2D eigenvalue weighted by atomic mass is 32.2. The van der Waals surface area contributed by atoms with Crippen LogP contribution in [0.4, 0.5) is 0 Å². The van der Waals surface area contributed by atoms with Crippen LogP contribution in [0, 0.1) is 13.8 Å². The van der Waals surface area contributed by atoms with E-state index in [0.717, 1.165) is 17.0 Å². The Bertz CT molecular complexity index is 488. The van der Waals surface area contributed by atoms with Gasteiger partial charge >= 0.3 is 5.97 Å². The van der Waals surface area contributed by atoms with Crippen molar-refractivity contribution in [1.29, 1.82) is 0 Å². The number of carboxylic acid groups (broad SMARTS) is 1. The maximum Gasteiger partial charge on any atom is 0.329 e. The molecule has 0 aromatic carbocycles. The highest BCUT2D eigenvalue weighted by molar-refractivity contribution is 7.99. The number of aliphatic carboxylic acids is 1. The van der Waals surface area contributed by atoms with E-state index in [4.69, 9.17) is 9.63 Å². The molecule has 1 aromatic heterocycles. The first-order chi connectivity index (χ1) is 8.94. The van der Waals surface area contributed by atoms with E-state index in [0.29, 0.717) is 18.6 Å². The molecule has 0 spiro atoms. The Hall–Kier alpha value is -1.50. The molecule has 0 saturated heterocycles. The molecule has 1 heterocycles. The number of thioether (sulfide) groups is 1. The number of nitrogens with zero attached hydrogens (tertiary/aromatic N) is 1. The second kappa shape index (κ2) is 5.24. The molecule has 1 saturated carbocycles. The molecule has 104 valence electrons. The van der Waals surface area contributed by atoms with Crippen LogP contribution < -0.4 is 5.32 Å². The maximum atomic E-state index is 11.7. The fourth-order valence-corrected chi connectivity index (χ4v) is 2.75. The number of amides is 1. The van der Waals surface area contributed by atoms with Gasteiger partial charge in [0.2, 0.25) is 5.91 Å². The Morgan fingerprint density at radius 2 is 2.16 bits per heavy atom. The van der Waals surface area contributed by atoms with Gasteiger partial charge in [-0.1, -0.05) is 5.16 Å². The second-order valence-electron chi connectivity index (χ2n) is 4.73. The monoisotopic (exact) mass is 284 g/mol. The van der Waals surface area contributed by atoms with Crippen molar-refractivity contribution in [3.8, 4) is 0 Å². The van der Waals surface area contributed by atoms with Gasteiger partial charge in [-0.3, -0.25) is 4.79 Å². The molecule has 0 radical (unpaired) electrons. The second-order valence-corrected chi connectivity index (χ2v) is 5.72. The van der Waals surface area contributed by atoms with Gasteiger partial charge in [0, 0.05) is 11.3 Å². The summed E-state index contributed by atoms with van der Waals surface area (Å²) in [5.74, 6) is 0.441. The van der Waals surface area contributed by atoms with Gasteiger partial charge in [-0.25, -0.2) is 4.79 Å². The summed E-state index contributed by atoms with van der Waals surface area (Å²) >= 11 is 1.42. The standard InChI is InChI=1S/C12H16N2O4S/c1-7-9(8(2)18-14-7)5-19-6-10(15)13-12(3-4-12)11(16)17/h3-6H2,1-2H3,(H,13,15)(H,16,17). The lowest BCUT2D eigenvalue weighted by Crippen LogP contribution is -2.43. The molecular weight excluding hydrogens is 268 g/mol. The van der Waals surface area contributed by atoms with E-state index in [1.165, 1.54) is 11.8 Å². The summed E-state index contributed by atoms with van der Waals surface area (Å²) in [6.45, 7) is 3.69. The molecule has 6 nitrogen and oxygen atoms in total. The molecule has 1 aliphatic rings. The highest BCUT2D eigenvalue weighted by Crippen LogP contribution is 2.35. The van der Waals surface area contributed by atoms with E-state index in [-0.39, 0.29) is 11.7 Å². The van der Waals surface area contributed by atoms with Gasteiger partial charge in [0.05, 0.1) is 11.4 Å². The largest absolute Gasteiger partial charge is 0.480 e. The number of aryl methyl sites for hydroxylation is 2. The first-order valence-electron chi connectivity index (χ1n) is 5.98. The smallest absolute Gasteiger partial charge is 0.329 e. The van der Waals surface area contributed by atoms with Gasteiger partial charge in [-0.2, -0.15) is 0 Å². The number of rotatable bonds is 6. The van der Waals surface area contributed by atoms with Crippen LogP contribution in [0.25, 0.3) is 0 Å². The van der Waals surface area contributed by atoms with Crippen LogP contribution in [0.2, 0.25) is 0 Å². The van der Waals surface area contributed by atoms with Crippen LogP contribution in [-0.4, -0.2) is 33.4 Å². The predicted octanol–water partition coefficient (Wildman–Crippen LogP) is 1.26. The van der Waals surface area contributed by atoms with Crippen molar-refractivity contribution in [2.45, 2.75) is 38.0 Å². The van der Waals surface area contributed by atoms with Gasteiger partial charge in [0.15, 0.2) is 0 Å². The molecule has 1 amide bonds. The fourth-order valence-electron chi connectivity index (χ4n) is 1.77. The van der Waals surface area contributed by atoms with Crippen LogP contribution in [0.5, 0.6) is 0 Å². The van der Waals surface area contributed by atoms with Gasteiger partial charge in [0.25, 0.3) is 0 Å². The topological polar surface area (TPSA) is 92.4 Å². The number of carbonyl (C=O) groups is 2. The molecule has 2 rings (SSSR count). The number of carboxylic acids is 1. The SMILES string of the molecule is Cc1noc(C)c1CSCC(=O)NC1(C(=O)O)CC1. The summed E-state index contributed by atoms with van der Waals surface area (Å²) in [6, 6.07) is 0. The van der Waals surface area contributed by atoms with Crippen LogP contribution in [0.3, 0.4) is 0 Å². The number of nitrogens with one attached hydrogen (secondary N) is 1. The van der Waals surface area contributed by atoms with Gasteiger partial charge in [-0.05, 0) is 26.7 Å². The first kappa shape index (κ1) is 13.9. The molecule has 0 aliphatic heterocycles. The van der Waals surface area contributed by atoms with Crippen LogP contribution in [-0.2, 0) is 15.3 Å². The zero-order chi connectivity index (χ0) is 14.0. The van der Waals surface area contributed by atoms with E-state index in [2.05, 4.69) is 10.5 Å². The Balaban J connectivity index is 1.77. The Morgan fingerprint density at radius 1 is 1.47 bits per heavy atom. The third-order valence-electron chi connectivity index (χ3n) is 3.20. The highest BCUT2D eigenvalue weighted by Gasteiger charge is 2.51. The Morgan fingerprint density at radius 3 is 2.63 bits per heavy atom. The van der Waals surface area contributed by atoms with Crippen molar-refractivity contribution < 1.29 is 19.2 Å². The fraction of sp³-hybridized carbons (Fsp3) is 0.583. The minimum absolute atomic E-state index is 0.235. The number of hydrogen-bond donors (Lipinski definition) is 2. The molecule has 1 aliphatic carbocycles. The molecule has 2 N–H and O–H groups in total. The number of aromatic nitrogens is 1. The zero-order valence-corrected chi connectivity index (χ0v) is 11.7. The average Bonchev–Trinajstić information content (AvgIpc) is 3.05. The molecule has 1 fully saturated rings. The van der Waals surface area contributed by atoms with Gasteiger partial charge < -0.3 is 14.9 Å². The lowest BCUT2D eigenvalue weighted by Gasteiger charge is -2.11. The minimum Gasteiger partial charge on any atom is -0.480 e. The summed E-state index contributed by atoms with van der Waals surface area (Å²) in [4.78, 5) is 22.6. The predicted molar refractivity (Wildman–Crippen MR) is 69.9 cm³/mol. The van der Waals surface area contributed by atoms with Crippen molar-refractivity contribution >= 4 is 23.6 Å². The van der Waals surface area contributed by atoms with Gasteiger partial charge in [0.1, 0.15) is 11.3 Å². The summed E-state index contributed by atoms with van der Waals surface area (Å²) in [7, 11) is 0. The molecular formula is C12H16N2O4S. The van der Waals surface area contributed by atoms with Crippen molar-refractivity contribution in [1.82, 2.24) is 10.5 Å². The van der Waals surface area contributed by atoms with E-state index in [1.54, 1.807) is 0 Å². The molecule has 0 bridgehead atoms. The first-order valence-corrected chi connectivity index (χ1v) is 7.14. The van der Waals surface area contributed by atoms with Crippen LogP contribution in [0.1, 0.15) is 29.9 Å². The third-order valence-corrected chi connectivity index (χ3v) is 4.16. The van der Waals surface area contributed by atoms with Crippen LogP contribution >= 0.6 is 11.8 Å². The van der Waals surface area contributed by atoms with Crippen molar-refractivity contribution in [3.63, 3.8) is 0 Å². The van der Waals surface area contributed by atoms with E-state index in [1.807, 2.05) is 13.8 Å².